The van der Waals surface area contributed by atoms with Crippen molar-refractivity contribution in [1.82, 2.24) is 9.80 Å². The van der Waals surface area contributed by atoms with Crippen LogP contribution in [0, 0.1) is 0 Å². The molecule has 0 atom stereocenters. The van der Waals surface area contributed by atoms with Crippen molar-refractivity contribution >= 4 is 12.6 Å². The van der Waals surface area contributed by atoms with Crippen molar-refractivity contribution < 1.29 is 9.59 Å². The third-order valence-electron chi connectivity index (χ3n) is 3.17. The molecule has 0 rings (SSSR count). The lowest BCUT2D eigenvalue weighted by Crippen LogP contribution is -2.27. The van der Waals surface area contributed by atoms with E-state index in [4.69, 9.17) is 0 Å². The predicted molar refractivity (Wildman–Crippen MR) is 79.4 cm³/mol. The molecule has 0 aliphatic heterocycles. The van der Waals surface area contributed by atoms with Gasteiger partial charge in [0, 0.05) is 12.8 Å². The second-order valence-corrected chi connectivity index (χ2v) is 5.32. The van der Waals surface area contributed by atoms with Crippen LogP contribution < -0.4 is 0 Å². The summed E-state index contributed by atoms with van der Waals surface area (Å²) in [5, 5.41) is 0. The summed E-state index contributed by atoms with van der Waals surface area (Å²) in [7, 11) is 4.20. The Balaban J connectivity index is 3.69. The standard InChI is InChI=1S/C15H30N2O2/c1-16(2)10-4-3-5-11-17(12-6-8-14-18)13-7-9-15-19/h14-15H,3-13H2,1-2H3. The molecule has 0 aromatic heterocycles. The largest absolute Gasteiger partial charge is 0.309 e. The molecule has 0 aliphatic rings. The topological polar surface area (TPSA) is 40.6 Å². The Kier molecular flexibility index (Phi) is 13.2. The summed E-state index contributed by atoms with van der Waals surface area (Å²) in [5.74, 6) is 0. The highest BCUT2D eigenvalue weighted by Gasteiger charge is 2.04. The van der Waals surface area contributed by atoms with Gasteiger partial charge < -0.3 is 19.4 Å². The van der Waals surface area contributed by atoms with Crippen molar-refractivity contribution in [2.75, 3.05) is 40.3 Å². The van der Waals surface area contributed by atoms with Crippen molar-refractivity contribution in [3.63, 3.8) is 0 Å². The SMILES string of the molecule is CN(C)CCCCCN(CCCC=O)CCCC=O. The van der Waals surface area contributed by atoms with Crippen molar-refractivity contribution in [3.8, 4) is 0 Å². The lowest BCUT2D eigenvalue weighted by Gasteiger charge is -2.21. The molecule has 19 heavy (non-hydrogen) atoms. The monoisotopic (exact) mass is 270 g/mol. The van der Waals surface area contributed by atoms with Crippen LogP contribution >= 0.6 is 0 Å². The van der Waals surface area contributed by atoms with E-state index in [-0.39, 0.29) is 0 Å². The molecule has 0 bridgehead atoms. The summed E-state index contributed by atoms with van der Waals surface area (Å²) in [6.45, 7) is 4.19. The molecule has 0 N–H and O–H groups in total. The number of aldehydes is 2. The minimum absolute atomic E-state index is 0.644. The summed E-state index contributed by atoms with van der Waals surface area (Å²) in [4.78, 5) is 25.3. The fraction of sp³-hybridized carbons (Fsp3) is 0.867. The van der Waals surface area contributed by atoms with E-state index in [0.29, 0.717) is 12.8 Å². The van der Waals surface area contributed by atoms with Crippen LogP contribution in [0.15, 0.2) is 0 Å². The number of hydrogen-bond acceptors (Lipinski definition) is 4. The molecule has 4 nitrogen and oxygen atoms in total. The fourth-order valence-electron chi connectivity index (χ4n) is 2.07. The zero-order chi connectivity index (χ0) is 14.3. The highest BCUT2D eigenvalue weighted by molar-refractivity contribution is 5.49. The average Bonchev–Trinajstić information content (AvgIpc) is 2.38. The average molecular weight is 270 g/mol. The molecule has 0 saturated heterocycles. The Morgan fingerprint density at radius 2 is 1.16 bits per heavy atom. The molecule has 112 valence electrons. The van der Waals surface area contributed by atoms with Crippen LogP contribution in [0.25, 0.3) is 0 Å². The smallest absolute Gasteiger partial charge is 0.120 e. The van der Waals surface area contributed by atoms with Crippen molar-refractivity contribution in [1.29, 1.82) is 0 Å². The highest BCUT2D eigenvalue weighted by Crippen LogP contribution is 2.03. The Morgan fingerprint density at radius 1 is 0.684 bits per heavy atom. The lowest BCUT2D eigenvalue weighted by molar-refractivity contribution is -0.108. The number of rotatable bonds is 14. The number of carbonyl (C=O) groups excluding carboxylic acids is 2. The van der Waals surface area contributed by atoms with Gasteiger partial charge in [0.25, 0.3) is 0 Å². The maximum Gasteiger partial charge on any atom is 0.120 e. The molecule has 0 saturated carbocycles. The highest BCUT2D eigenvalue weighted by atomic mass is 16.1. The van der Waals surface area contributed by atoms with E-state index in [9.17, 15) is 9.59 Å². The van der Waals surface area contributed by atoms with Crippen LogP contribution in [-0.2, 0) is 9.59 Å². The fourth-order valence-corrected chi connectivity index (χ4v) is 2.07. The molecule has 0 amide bonds. The minimum Gasteiger partial charge on any atom is -0.309 e. The number of unbranched alkanes of at least 4 members (excludes halogenated alkanes) is 4. The van der Waals surface area contributed by atoms with Gasteiger partial charge in [-0.1, -0.05) is 6.42 Å². The molecular formula is C15H30N2O2. The van der Waals surface area contributed by atoms with Gasteiger partial charge in [-0.05, 0) is 66.0 Å². The molecule has 0 heterocycles. The first-order valence-electron chi connectivity index (χ1n) is 7.45. The summed E-state index contributed by atoms with van der Waals surface area (Å²) in [6.07, 6.45) is 8.82. The number of hydrogen-bond donors (Lipinski definition) is 0. The van der Waals surface area contributed by atoms with Crippen LogP contribution in [0.3, 0.4) is 0 Å². The first kappa shape index (κ1) is 18.3. The molecule has 0 radical (unpaired) electrons. The van der Waals surface area contributed by atoms with Gasteiger partial charge >= 0.3 is 0 Å². The summed E-state index contributed by atoms with van der Waals surface area (Å²) in [6, 6.07) is 0. The maximum absolute atomic E-state index is 10.3. The Morgan fingerprint density at radius 3 is 1.63 bits per heavy atom. The first-order valence-corrected chi connectivity index (χ1v) is 7.45. The summed E-state index contributed by atoms with van der Waals surface area (Å²) in [5.41, 5.74) is 0. The third kappa shape index (κ3) is 13.5. The van der Waals surface area contributed by atoms with Gasteiger partial charge in [-0.25, -0.2) is 0 Å². The Labute approximate surface area is 118 Å². The predicted octanol–water partition coefficient (Wildman–Crippen LogP) is 1.98. The van der Waals surface area contributed by atoms with E-state index < -0.39 is 0 Å². The first-order chi connectivity index (χ1) is 9.20. The molecular weight excluding hydrogens is 240 g/mol. The quantitative estimate of drug-likeness (QED) is 0.357. The summed E-state index contributed by atoms with van der Waals surface area (Å²) < 4.78 is 0. The van der Waals surface area contributed by atoms with Gasteiger partial charge in [-0.3, -0.25) is 0 Å². The summed E-state index contributed by atoms with van der Waals surface area (Å²) >= 11 is 0. The van der Waals surface area contributed by atoms with Crippen LogP contribution in [-0.4, -0.2) is 62.6 Å². The second kappa shape index (κ2) is 13.7. The van der Waals surface area contributed by atoms with Gasteiger partial charge in [0.1, 0.15) is 12.6 Å². The normalized spacial score (nSPS) is 11.2. The number of nitrogens with zero attached hydrogens (tertiary/aromatic N) is 2. The zero-order valence-corrected chi connectivity index (χ0v) is 12.6. The minimum atomic E-state index is 0.644. The van der Waals surface area contributed by atoms with Gasteiger partial charge in [0.2, 0.25) is 0 Å². The van der Waals surface area contributed by atoms with E-state index >= 15 is 0 Å². The van der Waals surface area contributed by atoms with E-state index in [1.165, 1.54) is 19.3 Å². The second-order valence-electron chi connectivity index (χ2n) is 5.32. The van der Waals surface area contributed by atoms with Crippen molar-refractivity contribution in [3.05, 3.63) is 0 Å². The van der Waals surface area contributed by atoms with Crippen LogP contribution in [0.4, 0.5) is 0 Å². The molecule has 0 fully saturated rings. The van der Waals surface area contributed by atoms with Crippen LogP contribution in [0.1, 0.15) is 44.9 Å². The van der Waals surface area contributed by atoms with E-state index in [2.05, 4.69) is 23.9 Å². The zero-order valence-electron chi connectivity index (χ0n) is 12.6. The molecule has 0 aromatic carbocycles. The van der Waals surface area contributed by atoms with Crippen molar-refractivity contribution in [2.24, 2.45) is 0 Å². The van der Waals surface area contributed by atoms with E-state index in [1.807, 2.05) is 0 Å². The third-order valence-corrected chi connectivity index (χ3v) is 3.17. The van der Waals surface area contributed by atoms with E-state index in [0.717, 1.165) is 51.6 Å². The molecule has 0 unspecified atom stereocenters. The Bertz CT molecular complexity index is 206. The number of carbonyl (C=O) groups is 2. The van der Waals surface area contributed by atoms with Gasteiger partial charge in [0.15, 0.2) is 0 Å². The molecule has 4 heteroatoms. The Hall–Kier alpha value is -0.740. The van der Waals surface area contributed by atoms with Crippen molar-refractivity contribution in [2.45, 2.75) is 44.9 Å². The molecule has 0 aliphatic carbocycles. The van der Waals surface area contributed by atoms with Crippen LogP contribution in [0.5, 0.6) is 0 Å². The van der Waals surface area contributed by atoms with Gasteiger partial charge in [-0.2, -0.15) is 0 Å². The maximum atomic E-state index is 10.3. The lowest BCUT2D eigenvalue weighted by atomic mass is 10.2. The van der Waals surface area contributed by atoms with Gasteiger partial charge in [0.05, 0.1) is 0 Å². The van der Waals surface area contributed by atoms with E-state index in [1.54, 1.807) is 0 Å². The van der Waals surface area contributed by atoms with Crippen LogP contribution in [0.2, 0.25) is 0 Å². The van der Waals surface area contributed by atoms with Gasteiger partial charge in [-0.15, -0.1) is 0 Å². The molecule has 0 aromatic rings. The molecule has 0 spiro atoms.